The van der Waals surface area contributed by atoms with Gasteiger partial charge in [-0.25, -0.2) is 17.6 Å². The van der Waals surface area contributed by atoms with Gasteiger partial charge < -0.3 is 9.47 Å². The maximum atomic E-state index is 13.8. The minimum atomic E-state index is -8.21. The fraction of sp³-hybridized carbons (Fsp3) is 0.895. The van der Waals surface area contributed by atoms with Crippen molar-refractivity contribution in [2.45, 2.75) is 83.7 Å². The average Bonchev–Trinajstić information content (AvgIpc) is 2.96. The minimum absolute atomic E-state index is 0.0817. The van der Waals surface area contributed by atoms with Crippen molar-refractivity contribution in [2.24, 2.45) is 0 Å². The van der Waals surface area contributed by atoms with Crippen molar-refractivity contribution in [3.63, 3.8) is 0 Å². The fourth-order valence-electron chi connectivity index (χ4n) is 2.78. The van der Waals surface area contributed by atoms with Gasteiger partial charge in [0.1, 0.15) is 0 Å². The third-order valence-corrected chi connectivity index (χ3v) is 7.41. The molecule has 0 aliphatic rings. The first-order valence-electron chi connectivity index (χ1n) is 11.5. The first kappa shape index (κ1) is 48.2. The molecule has 0 saturated heterocycles. The molecule has 0 amide bonds. The molecule has 0 aromatic heterocycles. The lowest BCUT2D eigenvalue weighted by Gasteiger charge is -2.39. The topological polar surface area (TPSA) is 96.0 Å². The van der Waals surface area contributed by atoms with E-state index in [2.05, 4.69) is 13.7 Å². The van der Waals surface area contributed by atoms with Gasteiger partial charge in [-0.2, -0.15) is 96.2 Å². The van der Waals surface area contributed by atoms with E-state index in [0.29, 0.717) is 0 Å². The monoisotopic (exact) mass is 840 g/mol. The van der Waals surface area contributed by atoms with Gasteiger partial charge in [-0.15, -0.1) is 0 Å². The van der Waals surface area contributed by atoms with Gasteiger partial charge >= 0.3 is 84.0 Å². The number of esters is 2. The Balaban J connectivity index is 6.29. The zero-order chi connectivity index (χ0) is 41.6. The Hall–Kier alpha value is -2.83. The van der Waals surface area contributed by atoms with Crippen LogP contribution in [0.15, 0.2) is 0 Å². The summed E-state index contributed by atoms with van der Waals surface area (Å²) in [6.07, 6.45) is -14.6. The molecule has 32 heteroatoms. The number of hydrogen-bond acceptors (Lipinski definition) is 7. The molecule has 0 aliphatic heterocycles. The SMILES string of the molecule is COS(=O)(=O)C(CC(=O)OCC(F)(F)C(F)(F)C(F)(F)C(F)(F)C(F)(F)C(F)F)C(=O)OCC(F)(F)C(F)(F)C(F)(F)C(F)(F)C(F)(F)C(F)F. The van der Waals surface area contributed by atoms with Crippen LogP contribution in [0, 0.1) is 0 Å². The van der Waals surface area contributed by atoms with Crippen LogP contribution in [0.2, 0.25) is 0 Å². The Morgan fingerprint density at radius 3 is 1.08 bits per heavy atom. The molecule has 0 rings (SSSR count). The molecule has 1 atom stereocenters. The van der Waals surface area contributed by atoms with Crippen LogP contribution >= 0.6 is 0 Å². The number of rotatable bonds is 19. The van der Waals surface area contributed by atoms with Crippen LogP contribution in [0.4, 0.5) is 105 Å². The van der Waals surface area contributed by atoms with E-state index in [1.807, 2.05) is 0 Å². The summed E-state index contributed by atoms with van der Waals surface area (Å²) in [7, 11) is -6.14. The molecule has 0 heterocycles. The second-order valence-electron chi connectivity index (χ2n) is 9.32. The summed E-state index contributed by atoms with van der Waals surface area (Å²) < 4.78 is 350. The highest BCUT2D eigenvalue weighted by molar-refractivity contribution is 7.88. The van der Waals surface area contributed by atoms with Crippen molar-refractivity contribution < 1.29 is 137 Å². The second kappa shape index (κ2) is 14.2. The van der Waals surface area contributed by atoms with Gasteiger partial charge in [-0.1, -0.05) is 0 Å². The molecular weight excluding hydrogens is 828 g/mol. The quantitative estimate of drug-likeness (QED) is 0.0814. The van der Waals surface area contributed by atoms with E-state index in [1.165, 1.54) is 0 Å². The van der Waals surface area contributed by atoms with Gasteiger partial charge in [0.25, 0.3) is 10.1 Å². The Morgan fingerprint density at radius 2 is 0.804 bits per heavy atom. The fourth-order valence-corrected chi connectivity index (χ4v) is 3.66. The molecule has 304 valence electrons. The molecule has 7 nitrogen and oxygen atoms in total. The summed E-state index contributed by atoms with van der Waals surface area (Å²) in [6.45, 7) is -7.62. The van der Waals surface area contributed by atoms with Crippen molar-refractivity contribution in [3.05, 3.63) is 0 Å². The minimum Gasteiger partial charge on any atom is -0.459 e. The lowest BCUT2D eigenvalue weighted by Crippen LogP contribution is -2.69. The van der Waals surface area contributed by atoms with Crippen LogP contribution in [-0.2, 0) is 33.4 Å². The Kier molecular flexibility index (Phi) is 13.4. The van der Waals surface area contributed by atoms with E-state index in [9.17, 15) is 123 Å². The average molecular weight is 840 g/mol. The van der Waals surface area contributed by atoms with Crippen LogP contribution in [0.3, 0.4) is 0 Å². The van der Waals surface area contributed by atoms with Crippen LogP contribution in [0.1, 0.15) is 6.42 Å². The first-order valence-corrected chi connectivity index (χ1v) is 13.0. The number of alkyl halides is 24. The van der Waals surface area contributed by atoms with Crippen LogP contribution in [0.5, 0.6) is 0 Å². The van der Waals surface area contributed by atoms with E-state index < -0.39 is 119 Å². The molecule has 1 unspecified atom stereocenters. The van der Waals surface area contributed by atoms with Gasteiger partial charge in [0.05, 0.1) is 13.5 Å². The lowest BCUT2D eigenvalue weighted by molar-refractivity contribution is -0.414. The molecular formula is C19H12F24O7S. The van der Waals surface area contributed by atoms with E-state index in [4.69, 9.17) is 0 Å². The number of halogens is 24. The molecule has 0 spiro atoms. The van der Waals surface area contributed by atoms with Crippen molar-refractivity contribution in [1.82, 2.24) is 0 Å². The van der Waals surface area contributed by atoms with E-state index in [0.717, 1.165) is 0 Å². The lowest BCUT2D eigenvalue weighted by atomic mass is 9.94. The number of ether oxygens (including phenoxy) is 2. The van der Waals surface area contributed by atoms with Gasteiger partial charge in [0.2, 0.25) is 0 Å². The molecule has 51 heavy (non-hydrogen) atoms. The third-order valence-electron chi connectivity index (χ3n) is 5.89. The zero-order valence-corrected chi connectivity index (χ0v) is 24.0. The van der Waals surface area contributed by atoms with Gasteiger partial charge in [-0.3, -0.25) is 13.8 Å². The maximum absolute atomic E-state index is 13.8. The predicted molar refractivity (Wildman–Crippen MR) is 108 cm³/mol. The van der Waals surface area contributed by atoms with Gasteiger partial charge in [0.15, 0.2) is 18.5 Å². The Bertz CT molecular complexity index is 1360. The van der Waals surface area contributed by atoms with Crippen molar-refractivity contribution in [3.8, 4) is 0 Å². The zero-order valence-electron chi connectivity index (χ0n) is 23.2. The normalized spacial score (nSPS) is 16.1. The predicted octanol–water partition coefficient (Wildman–Crippen LogP) is 6.69. The molecule has 0 bridgehead atoms. The number of hydrogen-bond donors (Lipinski definition) is 0. The summed E-state index contributed by atoms with van der Waals surface area (Å²) in [5.41, 5.74) is 0. The van der Waals surface area contributed by atoms with Crippen LogP contribution in [0.25, 0.3) is 0 Å². The summed E-state index contributed by atoms with van der Waals surface area (Å²) in [5.74, 6) is -83.8. The highest BCUT2D eigenvalue weighted by Crippen LogP contribution is 2.59. The molecule has 0 aromatic rings. The highest BCUT2D eigenvalue weighted by atomic mass is 32.2. The largest absolute Gasteiger partial charge is 0.459 e. The summed E-state index contributed by atoms with van der Waals surface area (Å²) in [4.78, 5) is 23.6. The molecule has 0 aliphatic carbocycles. The van der Waals surface area contributed by atoms with Crippen molar-refractivity contribution in [2.75, 3.05) is 20.3 Å². The number of carbonyl (C=O) groups is 2. The third kappa shape index (κ3) is 7.93. The molecule has 0 radical (unpaired) electrons. The van der Waals surface area contributed by atoms with Crippen molar-refractivity contribution >= 4 is 22.1 Å². The molecule has 0 aromatic carbocycles. The van der Waals surface area contributed by atoms with E-state index in [-0.39, 0.29) is 7.11 Å². The smallest absolute Gasteiger partial charge is 0.384 e. The number of carbonyl (C=O) groups excluding carboxylic acids is 2. The highest BCUT2D eigenvalue weighted by Gasteiger charge is 2.89. The maximum Gasteiger partial charge on any atom is 0.384 e. The van der Waals surface area contributed by atoms with Crippen LogP contribution < -0.4 is 0 Å². The van der Waals surface area contributed by atoms with E-state index >= 15 is 0 Å². The molecule has 0 fully saturated rings. The summed E-state index contributed by atoms with van der Waals surface area (Å²) in [6, 6.07) is 0. The first-order chi connectivity index (χ1) is 22.1. The van der Waals surface area contributed by atoms with Gasteiger partial charge in [0, 0.05) is 0 Å². The summed E-state index contributed by atoms with van der Waals surface area (Å²) >= 11 is 0. The molecule has 0 N–H and O–H groups in total. The van der Waals surface area contributed by atoms with Crippen LogP contribution in [-0.4, -0.2) is 118 Å². The molecule has 0 saturated carbocycles. The standard InChI is InChI=1S/C19H12F24O7S/c1-48-51(46,47)5(7(45)50-4-11(26,27)15(34,35)19(42,43)17(38,39)13(30,31)9(22)23)2-6(44)49-3-10(24,25)14(32,33)18(40,41)16(36,37)12(28,29)8(20)21/h5,8-9H,2-4H2,1H3. The van der Waals surface area contributed by atoms with Gasteiger partial charge in [-0.05, 0) is 0 Å². The Labute approximate surface area is 264 Å². The van der Waals surface area contributed by atoms with Crippen molar-refractivity contribution in [1.29, 1.82) is 0 Å². The Morgan fingerprint density at radius 1 is 0.510 bits per heavy atom. The summed E-state index contributed by atoms with van der Waals surface area (Å²) in [5, 5.41) is -3.87. The van der Waals surface area contributed by atoms with E-state index in [1.54, 1.807) is 0 Å². The second-order valence-corrected chi connectivity index (χ2v) is 11.2.